The minimum Gasteiger partial charge on any atom is -0.493 e. The smallest absolute Gasteiger partial charge is 0.240 e. The first-order chi connectivity index (χ1) is 10.0. The van der Waals surface area contributed by atoms with E-state index in [0.717, 1.165) is 24.4 Å². The van der Waals surface area contributed by atoms with Crippen molar-refractivity contribution in [2.45, 2.75) is 37.6 Å². The van der Waals surface area contributed by atoms with E-state index < -0.39 is 10.0 Å². The van der Waals surface area contributed by atoms with Gasteiger partial charge in [-0.25, -0.2) is 13.6 Å². The molecule has 1 fully saturated rings. The number of sulfonamides is 1. The number of nitrogens with two attached hydrogens (primary N) is 1. The lowest BCUT2D eigenvalue weighted by atomic mass is 10.2. The topological polar surface area (TPSA) is 74.3 Å². The average molecular weight is 308 g/mol. The first kappa shape index (κ1) is 14.4. The number of hydrogen-bond donors (Lipinski definition) is 1. The van der Waals surface area contributed by atoms with Gasteiger partial charge in [0.05, 0.1) is 17.5 Å². The van der Waals surface area contributed by atoms with Gasteiger partial charge in [0.2, 0.25) is 10.0 Å². The highest BCUT2D eigenvalue weighted by Gasteiger charge is 2.24. The van der Waals surface area contributed by atoms with Crippen LogP contribution in [0.5, 0.6) is 5.75 Å². The zero-order valence-electron chi connectivity index (χ0n) is 12.1. The van der Waals surface area contributed by atoms with Crippen LogP contribution in [0.25, 0.3) is 10.9 Å². The molecule has 2 N–H and O–H groups in total. The van der Waals surface area contributed by atoms with Gasteiger partial charge >= 0.3 is 0 Å². The fourth-order valence-corrected chi connectivity index (χ4v) is 3.45. The number of primary sulfonamides is 1. The molecule has 1 aromatic carbocycles. The predicted molar refractivity (Wildman–Crippen MR) is 81.8 cm³/mol. The van der Waals surface area contributed by atoms with Crippen molar-refractivity contribution in [1.82, 2.24) is 4.57 Å². The fraction of sp³-hybridized carbons (Fsp3) is 0.467. The summed E-state index contributed by atoms with van der Waals surface area (Å²) in [6.07, 6.45) is 5.29. The van der Waals surface area contributed by atoms with E-state index >= 15 is 0 Å². The molecule has 3 rings (SSSR count). The minimum absolute atomic E-state index is 0.150. The average Bonchev–Trinajstić information content (AvgIpc) is 3.16. The van der Waals surface area contributed by atoms with Crippen molar-refractivity contribution >= 4 is 20.9 Å². The highest BCUT2D eigenvalue weighted by Crippen LogP contribution is 2.36. The number of aromatic nitrogens is 1. The standard InChI is InChI=1S/C15H20N2O3S/c1-2-20-13-5-3-4-12-15(13)14(21(16,18)19)10-17(12)9-8-11-6-7-11/h3-5,10-11H,2,6-9H2,1H3,(H2,16,18,19). The second-order valence-electron chi connectivity index (χ2n) is 5.55. The molecule has 1 aliphatic rings. The van der Waals surface area contributed by atoms with E-state index in [4.69, 9.17) is 9.88 Å². The Morgan fingerprint density at radius 3 is 2.76 bits per heavy atom. The Kier molecular flexibility index (Phi) is 3.67. The Morgan fingerprint density at radius 2 is 2.14 bits per heavy atom. The molecule has 114 valence electrons. The Labute approximate surface area is 124 Å². The van der Waals surface area contributed by atoms with Gasteiger partial charge in [0, 0.05) is 12.7 Å². The molecule has 1 heterocycles. The van der Waals surface area contributed by atoms with Gasteiger partial charge in [-0.3, -0.25) is 0 Å². The van der Waals surface area contributed by atoms with E-state index in [1.54, 1.807) is 12.3 Å². The zero-order valence-corrected chi connectivity index (χ0v) is 12.9. The van der Waals surface area contributed by atoms with Gasteiger partial charge in [-0.2, -0.15) is 0 Å². The Hall–Kier alpha value is -1.53. The first-order valence-electron chi connectivity index (χ1n) is 7.28. The van der Waals surface area contributed by atoms with Crippen LogP contribution in [0.15, 0.2) is 29.3 Å². The molecular weight excluding hydrogens is 288 g/mol. The zero-order chi connectivity index (χ0) is 15.0. The monoisotopic (exact) mass is 308 g/mol. The van der Waals surface area contributed by atoms with Crippen molar-refractivity contribution in [3.63, 3.8) is 0 Å². The summed E-state index contributed by atoms with van der Waals surface area (Å²) in [7, 11) is -3.77. The van der Waals surface area contributed by atoms with Gasteiger partial charge in [0.25, 0.3) is 0 Å². The van der Waals surface area contributed by atoms with Gasteiger partial charge in [-0.1, -0.05) is 18.9 Å². The first-order valence-corrected chi connectivity index (χ1v) is 8.82. The van der Waals surface area contributed by atoms with Crippen LogP contribution in [0.4, 0.5) is 0 Å². The van der Waals surface area contributed by atoms with E-state index in [2.05, 4.69) is 0 Å². The molecule has 0 unspecified atom stereocenters. The Bertz CT molecular complexity index is 761. The summed E-state index contributed by atoms with van der Waals surface area (Å²) in [5.74, 6) is 1.36. The number of nitrogens with zero attached hydrogens (tertiary/aromatic N) is 1. The number of aryl methyl sites for hydroxylation is 1. The molecule has 0 radical (unpaired) electrons. The van der Waals surface area contributed by atoms with E-state index in [0.29, 0.717) is 17.7 Å². The van der Waals surface area contributed by atoms with Crippen LogP contribution < -0.4 is 9.88 Å². The molecule has 0 spiro atoms. The quantitative estimate of drug-likeness (QED) is 0.891. The van der Waals surface area contributed by atoms with Crippen molar-refractivity contribution < 1.29 is 13.2 Å². The number of ether oxygens (including phenoxy) is 1. The molecule has 21 heavy (non-hydrogen) atoms. The summed E-state index contributed by atoms with van der Waals surface area (Å²) in [6, 6.07) is 5.58. The molecule has 1 saturated carbocycles. The van der Waals surface area contributed by atoms with Gasteiger partial charge in [-0.05, 0) is 31.4 Å². The summed E-state index contributed by atoms with van der Waals surface area (Å²) in [5, 5.41) is 5.97. The second kappa shape index (κ2) is 5.35. The lowest BCUT2D eigenvalue weighted by Crippen LogP contribution is -2.12. The maximum atomic E-state index is 11.9. The van der Waals surface area contributed by atoms with Crippen molar-refractivity contribution in [1.29, 1.82) is 0 Å². The number of benzene rings is 1. The summed E-state index contributed by atoms with van der Waals surface area (Å²) in [4.78, 5) is 0.150. The highest BCUT2D eigenvalue weighted by atomic mass is 32.2. The molecule has 1 aromatic heterocycles. The third-order valence-electron chi connectivity index (χ3n) is 3.91. The van der Waals surface area contributed by atoms with Gasteiger partial charge in [0.15, 0.2) is 0 Å². The van der Waals surface area contributed by atoms with Crippen LogP contribution in [0.2, 0.25) is 0 Å². The van der Waals surface area contributed by atoms with Gasteiger partial charge in [-0.15, -0.1) is 0 Å². The van der Waals surface area contributed by atoms with Crippen molar-refractivity contribution in [2.24, 2.45) is 11.1 Å². The summed E-state index contributed by atoms with van der Waals surface area (Å²) < 4.78 is 31.3. The Balaban J connectivity index is 2.13. The maximum absolute atomic E-state index is 11.9. The lowest BCUT2D eigenvalue weighted by molar-refractivity contribution is 0.344. The van der Waals surface area contributed by atoms with Gasteiger partial charge < -0.3 is 9.30 Å². The van der Waals surface area contributed by atoms with Crippen LogP contribution in [-0.2, 0) is 16.6 Å². The molecular formula is C15H20N2O3S. The third-order valence-corrected chi connectivity index (χ3v) is 4.84. The lowest BCUT2D eigenvalue weighted by Gasteiger charge is -2.07. The van der Waals surface area contributed by atoms with Crippen LogP contribution in [0, 0.1) is 5.92 Å². The SMILES string of the molecule is CCOc1cccc2c1c(S(N)(=O)=O)cn2CCC1CC1. The summed E-state index contributed by atoms with van der Waals surface area (Å²) in [5.41, 5.74) is 0.866. The van der Waals surface area contributed by atoms with Crippen molar-refractivity contribution in [3.05, 3.63) is 24.4 Å². The van der Waals surface area contributed by atoms with Crippen LogP contribution in [0.3, 0.4) is 0 Å². The third kappa shape index (κ3) is 2.91. The number of hydrogen-bond acceptors (Lipinski definition) is 3. The molecule has 0 atom stereocenters. The molecule has 0 amide bonds. The highest BCUT2D eigenvalue weighted by molar-refractivity contribution is 7.89. The van der Waals surface area contributed by atoms with Crippen molar-refractivity contribution in [2.75, 3.05) is 6.61 Å². The van der Waals surface area contributed by atoms with Crippen molar-refractivity contribution in [3.8, 4) is 5.75 Å². The predicted octanol–water partition coefficient (Wildman–Crippen LogP) is 2.49. The van der Waals surface area contributed by atoms with Crippen LogP contribution in [-0.4, -0.2) is 19.6 Å². The normalized spacial score (nSPS) is 15.5. The minimum atomic E-state index is -3.77. The largest absolute Gasteiger partial charge is 0.493 e. The molecule has 6 heteroatoms. The summed E-state index contributed by atoms with van der Waals surface area (Å²) in [6.45, 7) is 3.17. The van der Waals surface area contributed by atoms with Crippen LogP contribution in [0.1, 0.15) is 26.2 Å². The van der Waals surface area contributed by atoms with E-state index in [1.807, 2.05) is 23.6 Å². The molecule has 1 aliphatic carbocycles. The van der Waals surface area contributed by atoms with Crippen LogP contribution >= 0.6 is 0 Å². The van der Waals surface area contributed by atoms with E-state index in [-0.39, 0.29) is 4.90 Å². The molecule has 0 aliphatic heterocycles. The molecule has 2 aromatic rings. The molecule has 0 bridgehead atoms. The fourth-order valence-electron chi connectivity index (χ4n) is 2.69. The number of fused-ring (bicyclic) bond motifs is 1. The molecule has 5 nitrogen and oxygen atoms in total. The second-order valence-corrected chi connectivity index (χ2v) is 7.08. The summed E-state index contributed by atoms with van der Waals surface area (Å²) >= 11 is 0. The number of rotatable bonds is 6. The molecule has 0 saturated heterocycles. The van der Waals surface area contributed by atoms with Gasteiger partial charge in [0.1, 0.15) is 10.6 Å². The Morgan fingerprint density at radius 1 is 1.38 bits per heavy atom. The van der Waals surface area contributed by atoms with E-state index in [1.165, 1.54) is 12.8 Å². The van der Waals surface area contributed by atoms with E-state index in [9.17, 15) is 8.42 Å². The maximum Gasteiger partial charge on any atom is 0.240 e.